The maximum absolute atomic E-state index is 14.0. The predicted octanol–water partition coefficient (Wildman–Crippen LogP) is 5.47. The van der Waals surface area contributed by atoms with Crippen LogP contribution in [0.15, 0.2) is 36.4 Å². The van der Waals surface area contributed by atoms with Crippen LogP contribution in [0.5, 0.6) is 5.75 Å². The molecule has 0 aliphatic carbocycles. The standard InChI is InChI=1S/C14H10Cl3FO/c1-19-8-5-6-9(12(18)7-8)14(17)13-10(15)3-2-4-11(13)16/h2-7,14H,1H3. The minimum atomic E-state index is -0.757. The van der Waals surface area contributed by atoms with Gasteiger partial charge < -0.3 is 4.74 Å². The summed E-state index contributed by atoms with van der Waals surface area (Å²) in [4.78, 5) is 0. The molecule has 0 fully saturated rings. The summed E-state index contributed by atoms with van der Waals surface area (Å²) in [6.07, 6.45) is 0. The predicted molar refractivity (Wildman–Crippen MR) is 77.1 cm³/mol. The maximum Gasteiger partial charge on any atom is 0.131 e. The Morgan fingerprint density at radius 2 is 1.74 bits per heavy atom. The average Bonchev–Trinajstić information content (AvgIpc) is 2.38. The van der Waals surface area contributed by atoms with E-state index >= 15 is 0 Å². The molecular formula is C14H10Cl3FO. The highest BCUT2D eigenvalue weighted by Gasteiger charge is 2.20. The summed E-state index contributed by atoms with van der Waals surface area (Å²) in [6, 6.07) is 9.51. The van der Waals surface area contributed by atoms with E-state index in [0.29, 0.717) is 26.9 Å². The zero-order chi connectivity index (χ0) is 14.0. The van der Waals surface area contributed by atoms with Crippen molar-refractivity contribution in [2.24, 2.45) is 0 Å². The van der Waals surface area contributed by atoms with Crippen molar-refractivity contribution in [2.45, 2.75) is 5.38 Å². The molecule has 0 aliphatic rings. The van der Waals surface area contributed by atoms with Gasteiger partial charge in [0.15, 0.2) is 0 Å². The molecule has 0 saturated heterocycles. The van der Waals surface area contributed by atoms with E-state index in [-0.39, 0.29) is 0 Å². The smallest absolute Gasteiger partial charge is 0.131 e. The van der Waals surface area contributed by atoms with E-state index in [2.05, 4.69) is 0 Å². The SMILES string of the molecule is COc1ccc(C(Cl)c2c(Cl)cccc2Cl)c(F)c1. The van der Waals surface area contributed by atoms with Crippen molar-refractivity contribution >= 4 is 34.8 Å². The van der Waals surface area contributed by atoms with Crippen molar-refractivity contribution in [2.75, 3.05) is 7.11 Å². The van der Waals surface area contributed by atoms with Gasteiger partial charge in [-0.15, -0.1) is 11.6 Å². The second-order valence-electron chi connectivity index (χ2n) is 3.89. The highest BCUT2D eigenvalue weighted by atomic mass is 35.5. The minimum absolute atomic E-state index is 0.303. The summed E-state index contributed by atoms with van der Waals surface area (Å²) < 4.78 is 18.9. The number of hydrogen-bond donors (Lipinski definition) is 0. The molecule has 2 aromatic rings. The van der Waals surface area contributed by atoms with Gasteiger partial charge in [-0.3, -0.25) is 0 Å². The molecule has 1 atom stereocenters. The Kier molecular flexibility index (Phi) is 4.56. The van der Waals surface area contributed by atoms with Crippen LogP contribution in [-0.2, 0) is 0 Å². The van der Waals surface area contributed by atoms with Crippen molar-refractivity contribution in [3.8, 4) is 5.75 Å². The van der Waals surface area contributed by atoms with Crippen LogP contribution in [0, 0.1) is 5.82 Å². The molecule has 2 aromatic carbocycles. The lowest BCUT2D eigenvalue weighted by molar-refractivity contribution is 0.411. The van der Waals surface area contributed by atoms with Gasteiger partial charge in [-0.2, -0.15) is 0 Å². The van der Waals surface area contributed by atoms with Crippen molar-refractivity contribution in [3.05, 3.63) is 63.4 Å². The van der Waals surface area contributed by atoms with Crippen LogP contribution in [0.4, 0.5) is 4.39 Å². The van der Waals surface area contributed by atoms with Gasteiger partial charge in [0, 0.05) is 27.2 Å². The summed E-state index contributed by atoms with van der Waals surface area (Å²) in [5.74, 6) is -0.0364. The lowest BCUT2D eigenvalue weighted by Crippen LogP contribution is -1.99. The molecule has 1 nitrogen and oxygen atoms in total. The van der Waals surface area contributed by atoms with Crippen LogP contribution in [0.3, 0.4) is 0 Å². The quantitative estimate of drug-likeness (QED) is 0.682. The Hall–Kier alpha value is -0.960. The molecule has 0 N–H and O–H groups in total. The number of alkyl halides is 1. The molecular weight excluding hydrogens is 310 g/mol. The molecule has 0 amide bonds. The van der Waals surface area contributed by atoms with Crippen LogP contribution >= 0.6 is 34.8 Å². The Balaban J connectivity index is 2.47. The van der Waals surface area contributed by atoms with Gasteiger partial charge in [0.25, 0.3) is 0 Å². The third-order valence-corrected chi connectivity index (χ3v) is 3.85. The molecule has 0 aliphatic heterocycles. The zero-order valence-corrected chi connectivity index (χ0v) is 12.2. The van der Waals surface area contributed by atoms with Gasteiger partial charge >= 0.3 is 0 Å². The molecule has 0 aromatic heterocycles. The number of halogens is 4. The van der Waals surface area contributed by atoms with Crippen molar-refractivity contribution in [1.29, 1.82) is 0 Å². The van der Waals surface area contributed by atoms with Crippen LogP contribution < -0.4 is 4.74 Å². The summed E-state index contributed by atoms with van der Waals surface area (Å²) in [5, 5.41) is 0.0533. The van der Waals surface area contributed by atoms with Gasteiger partial charge in [0.1, 0.15) is 11.6 Å². The third-order valence-electron chi connectivity index (χ3n) is 2.73. The summed E-state index contributed by atoms with van der Waals surface area (Å²) in [7, 11) is 1.47. The first-order valence-corrected chi connectivity index (χ1v) is 6.65. The van der Waals surface area contributed by atoms with Gasteiger partial charge in [-0.25, -0.2) is 4.39 Å². The highest BCUT2D eigenvalue weighted by molar-refractivity contribution is 6.38. The second-order valence-corrected chi connectivity index (χ2v) is 5.14. The Labute approximate surface area is 125 Å². The molecule has 0 heterocycles. The first kappa shape index (κ1) is 14.4. The normalized spacial score (nSPS) is 12.3. The first-order chi connectivity index (χ1) is 9.04. The largest absolute Gasteiger partial charge is 0.497 e. The molecule has 0 bridgehead atoms. The second kappa shape index (κ2) is 6.00. The lowest BCUT2D eigenvalue weighted by Gasteiger charge is -2.15. The van der Waals surface area contributed by atoms with Crippen molar-refractivity contribution < 1.29 is 9.13 Å². The van der Waals surface area contributed by atoms with E-state index in [4.69, 9.17) is 39.5 Å². The lowest BCUT2D eigenvalue weighted by atomic mass is 10.0. The molecule has 2 rings (SSSR count). The maximum atomic E-state index is 14.0. The number of methoxy groups -OCH3 is 1. The Morgan fingerprint density at radius 3 is 2.26 bits per heavy atom. The molecule has 0 spiro atoms. The Morgan fingerprint density at radius 1 is 1.11 bits per heavy atom. The van der Waals surface area contributed by atoms with Gasteiger partial charge in [0.05, 0.1) is 12.5 Å². The monoisotopic (exact) mass is 318 g/mol. The van der Waals surface area contributed by atoms with Crippen LogP contribution in [0.25, 0.3) is 0 Å². The van der Waals surface area contributed by atoms with E-state index in [0.717, 1.165) is 0 Å². The molecule has 0 saturated carbocycles. The Bertz CT molecular complexity index is 581. The fourth-order valence-corrected chi connectivity index (χ4v) is 2.89. The van der Waals surface area contributed by atoms with Gasteiger partial charge in [0.2, 0.25) is 0 Å². The van der Waals surface area contributed by atoms with Crippen molar-refractivity contribution in [3.63, 3.8) is 0 Å². The van der Waals surface area contributed by atoms with E-state index in [1.165, 1.54) is 13.2 Å². The van der Waals surface area contributed by atoms with E-state index in [9.17, 15) is 4.39 Å². The van der Waals surface area contributed by atoms with E-state index in [1.807, 2.05) is 0 Å². The molecule has 5 heteroatoms. The average molecular weight is 320 g/mol. The topological polar surface area (TPSA) is 9.23 Å². The van der Waals surface area contributed by atoms with Crippen LogP contribution in [0.2, 0.25) is 10.0 Å². The summed E-state index contributed by atoms with van der Waals surface area (Å²) >= 11 is 18.4. The van der Waals surface area contributed by atoms with Crippen molar-refractivity contribution in [1.82, 2.24) is 0 Å². The molecule has 1 unspecified atom stereocenters. The van der Waals surface area contributed by atoms with Crippen LogP contribution in [0.1, 0.15) is 16.5 Å². The first-order valence-electron chi connectivity index (χ1n) is 5.46. The third kappa shape index (κ3) is 2.97. The van der Waals surface area contributed by atoms with E-state index in [1.54, 1.807) is 30.3 Å². The number of hydrogen-bond acceptors (Lipinski definition) is 1. The summed E-state index contributed by atoms with van der Waals surface area (Å²) in [5.41, 5.74) is 0.800. The fraction of sp³-hybridized carbons (Fsp3) is 0.143. The zero-order valence-electron chi connectivity index (χ0n) is 9.96. The van der Waals surface area contributed by atoms with Gasteiger partial charge in [-0.1, -0.05) is 35.3 Å². The molecule has 100 valence electrons. The number of rotatable bonds is 3. The van der Waals surface area contributed by atoms with E-state index < -0.39 is 11.2 Å². The number of benzene rings is 2. The highest BCUT2D eigenvalue weighted by Crippen LogP contribution is 2.39. The fourth-order valence-electron chi connectivity index (χ4n) is 1.75. The summed E-state index contributed by atoms with van der Waals surface area (Å²) in [6.45, 7) is 0. The minimum Gasteiger partial charge on any atom is -0.497 e. The number of ether oxygens (including phenoxy) is 1. The van der Waals surface area contributed by atoms with Crippen LogP contribution in [-0.4, -0.2) is 7.11 Å². The molecule has 19 heavy (non-hydrogen) atoms. The molecule has 0 radical (unpaired) electrons. The van der Waals surface area contributed by atoms with Gasteiger partial charge in [-0.05, 0) is 18.2 Å².